The van der Waals surface area contributed by atoms with Gasteiger partial charge in [0.05, 0.1) is 0 Å². The van der Waals surface area contributed by atoms with E-state index in [1.54, 1.807) is 12.1 Å². The van der Waals surface area contributed by atoms with Crippen molar-refractivity contribution in [2.45, 2.75) is 13.8 Å². The molecule has 2 nitrogen and oxygen atoms in total. The fourth-order valence-electron chi connectivity index (χ4n) is 1.82. The fraction of sp³-hybridized carbons (Fsp3) is 0.333. The van der Waals surface area contributed by atoms with Gasteiger partial charge >= 0.3 is 0 Å². The minimum atomic E-state index is 0.329. The highest BCUT2D eigenvalue weighted by molar-refractivity contribution is 5.61. The molecule has 0 aliphatic heterocycles. The second-order valence-electron chi connectivity index (χ2n) is 3.60. The quantitative estimate of drug-likeness (QED) is 0.742. The summed E-state index contributed by atoms with van der Waals surface area (Å²) in [5.74, 6) is 0.329. The van der Waals surface area contributed by atoms with Crippen LogP contribution >= 0.6 is 0 Å². The van der Waals surface area contributed by atoms with Crippen LogP contribution in [-0.2, 0) is 0 Å². The van der Waals surface area contributed by atoms with Crippen molar-refractivity contribution in [2.24, 2.45) is 0 Å². The molecule has 0 spiro atoms. The molecule has 1 aromatic carbocycles. The molecule has 0 aliphatic carbocycles. The van der Waals surface area contributed by atoms with E-state index < -0.39 is 0 Å². The van der Waals surface area contributed by atoms with Crippen molar-refractivity contribution in [2.75, 3.05) is 18.5 Å². The van der Waals surface area contributed by atoms with Crippen molar-refractivity contribution in [3.63, 3.8) is 0 Å². The van der Waals surface area contributed by atoms with Crippen LogP contribution in [0.3, 0.4) is 0 Å². The average molecular weight is 191 g/mol. The monoisotopic (exact) mass is 191 g/mol. The van der Waals surface area contributed by atoms with E-state index in [9.17, 15) is 5.11 Å². The number of phenolic OH excluding ortho intramolecular Hbond substituents is 1. The first-order valence-corrected chi connectivity index (χ1v) is 4.68. The van der Waals surface area contributed by atoms with Gasteiger partial charge < -0.3 is 10.0 Å². The number of hydrogen-bond donors (Lipinski definition) is 1. The van der Waals surface area contributed by atoms with Crippen LogP contribution in [0.25, 0.3) is 0 Å². The molecule has 0 unspecified atom stereocenters. The zero-order valence-electron chi connectivity index (χ0n) is 9.04. The van der Waals surface area contributed by atoms with E-state index in [1.807, 2.05) is 27.0 Å². The number of phenols is 1. The molecule has 14 heavy (non-hydrogen) atoms. The molecule has 76 valence electrons. The van der Waals surface area contributed by atoms with Gasteiger partial charge in [0.2, 0.25) is 0 Å². The van der Waals surface area contributed by atoms with Gasteiger partial charge in [-0.05, 0) is 37.1 Å². The molecular weight excluding hydrogens is 174 g/mol. The minimum absolute atomic E-state index is 0.329. The highest BCUT2D eigenvalue weighted by Gasteiger charge is 2.07. The van der Waals surface area contributed by atoms with Crippen LogP contribution in [0.4, 0.5) is 5.69 Å². The molecular formula is C12H17NO. The summed E-state index contributed by atoms with van der Waals surface area (Å²) in [4.78, 5) is 2.12. The van der Waals surface area contributed by atoms with Crippen molar-refractivity contribution in [3.8, 4) is 5.75 Å². The summed E-state index contributed by atoms with van der Waals surface area (Å²) < 4.78 is 0. The molecule has 0 saturated heterocycles. The number of rotatable bonds is 3. The van der Waals surface area contributed by atoms with E-state index in [0.29, 0.717) is 5.75 Å². The molecule has 1 aromatic rings. The Bertz CT molecular complexity index is 321. The number of aromatic hydroxyl groups is 1. The third-order valence-electron chi connectivity index (χ3n) is 2.26. The molecule has 2 heteroatoms. The zero-order chi connectivity index (χ0) is 10.7. The molecule has 1 rings (SSSR count). The maximum absolute atomic E-state index is 9.39. The molecule has 0 fully saturated rings. The topological polar surface area (TPSA) is 23.5 Å². The third-order valence-corrected chi connectivity index (χ3v) is 2.26. The Balaban J connectivity index is 3.13. The zero-order valence-corrected chi connectivity index (χ0v) is 9.04. The number of hydrogen-bond acceptors (Lipinski definition) is 2. The minimum Gasteiger partial charge on any atom is -0.508 e. The lowest BCUT2D eigenvalue weighted by atomic mass is 10.1. The number of likely N-dealkylation sites (N-methyl/N-ethyl adjacent to an activating group) is 1. The molecule has 0 atom stereocenters. The van der Waals surface area contributed by atoms with Gasteiger partial charge in [-0.25, -0.2) is 0 Å². The molecule has 0 bridgehead atoms. The summed E-state index contributed by atoms with van der Waals surface area (Å²) in [6, 6.07) is 3.56. The molecule has 1 N–H and O–H groups in total. The number of aryl methyl sites for hydroxylation is 2. The lowest BCUT2D eigenvalue weighted by Crippen LogP contribution is -2.18. The van der Waals surface area contributed by atoms with Gasteiger partial charge in [-0.2, -0.15) is 0 Å². The predicted octanol–water partition coefficient (Wildman–Crippen LogP) is 2.63. The Kier molecular flexibility index (Phi) is 3.18. The summed E-state index contributed by atoms with van der Waals surface area (Å²) >= 11 is 0. The van der Waals surface area contributed by atoms with Gasteiger partial charge in [0.1, 0.15) is 5.75 Å². The average Bonchev–Trinajstić information content (AvgIpc) is 2.01. The predicted molar refractivity (Wildman–Crippen MR) is 61.0 cm³/mol. The van der Waals surface area contributed by atoms with Crippen LogP contribution in [0.5, 0.6) is 5.75 Å². The van der Waals surface area contributed by atoms with E-state index in [0.717, 1.165) is 17.7 Å². The Morgan fingerprint density at radius 1 is 1.36 bits per heavy atom. The summed E-state index contributed by atoms with van der Waals surface area (Å²) in [6.07, 6.45) is 1.87. The van der Waals surface area contributed by atoms with Crippen LogP contribution in [-0.4, -0.2) is 18.7 Å². The van der Waals surface area contributed by atoms with Crippen LogP contribution in [0.2, 0.25) is 0 Å². The van der Waals surface area contributed by atoms with Crippen LogP contribution in [0.15, 0.2) is 24.8 Å². The van der Waals surface area contributed by atoms with Gasteiger partial charge in [-0.15, -0.1) is 6.58 Å². The Morgan fingerprint density at radius 2 is 1.86 bits per heavy atom. The van der Waals surface area contributed by atoms with Gasteiger partial charge in [-0.1, -0.05) is 6.08 Å². The molecule has 0 radical (unpaired) electrons. The molecule has 0 aromatic heterocycles. The highest BCUT2D eigenvalue weighted by Crippen LogP contribution is 2.27. The highest BCUT2D eigenvalue weighted by atomic mass is 16.3. The van der Waals surface area contributed by atoms with Crippen molar-refractivity contribution in [3.05, 3.63) is 35.9 Å². The lowest BCUT2D eigenvalue weighted by molar-refractivity contribution is 0.474. The van der Waals surface area contributed by atoms with E-state index in [-0.39, 0.29) is 0 Å². The molecule has 0 saturated carbocycles. The first-order chi connectivity index (χ1) is 6.56. The standard InChI is InChI=1S/C12H17NO/c1-5-6-13(4)12-9(2)7-11(14)8-10(12)3/h5,7-8,14H,1,6H2,2-4H3. The first kappa shape index (κ1) is 10.6. The third kappa shape index (κ3) is 2.08. The largest absolute Gasteiger partial charge is 0.508 e. The van der Waals surface area contributed by atoms with Crippen LogP contribution < -0.4 is 4.90 Å². The first-order valence-electron chi connectivity index (χ1n) is 4.68. The maximum Gasteiger partial charge on any atom is 0.116 e. The van der Waals surface area contributed by atoms with E-state index in [4.69, 9.17) is 0 Å². The number of benzene rings is 1. The lowest BCUT2D eigenvalue weighted by Gasteiger charge is -2.22. The Labute approximate surface area is 85.5 Å². The van der Waals surface area contributed by atoms with Gasteiger partial charge in [-0.3, -0.25) is 0 Å². The second-order valence-corrected chi connectivity index (χ2v) is 3.60. The van der Waals surface area contributed by atoms with Gasteiger partial charge in [0.25, 0.3) is 0 Å². The number of anilines is 1. The molecule has 0 heterocycles. The van der Waals surface area contributed by atoms with Crippen LogP contribution in [0, 0.1) is 13.8 Å². The Morgan fingerprint density at radius 3 is 2.29 bits per heavy atom. The Hall–Kier alpha value is -1.44. The van der Waals surface area contributed by atoms with Crippen molar-refractivity contribution >= 4 is 5.69 Å². The van der Waals surface area contributed by atoms with E-state index >= 15 is 0 Å². The van der Waals surface area contributed by atoms with Gasteiger partial charge in [0, 0.05) is 19.3 Å². The fourth-order valence-corrected chi connectivity index (χ4v) is 1.82. The molecule has 0 amide bonds. The van der Waals surface area contributed by atoms with Crippen molar-refractivity contribution < 1.29 is 5.11 Å². The summed E-state index contributed by atoms with van der Waals surface area (Å²) in [7, 11) is 2.02. The summed E-state index contributed by atoms with van der Waals surface area (Å²) in [5.41, 5.74) is 3.35. The SMILES string of the molecule is C=CCN(C)c1c(C)cc(O)cc1C. The normalized spacial score (nSPS) is 9.93. The molecule has 0 aliphatic rings. The van der Waals surface area contributed by atoms with Crippen molar-refractivity contribution in [1.29, 1.82) is 0 Å². The summed E-state index contributed by atoms with van der Waals surface area (Å²) in [6.45, 7) is 8.53. The van der Waals surface area contributed by atoms with E-state index in [2.05, 4.69) is 11.5 Å². The van der Waals surface area contributed by atoms with Gasteiger partial charge in [0.15, 0.2) is 0 Å². The smallest absolute Gasteiger partial charge is 0.116 e. The summed E-state index contributed by atoms with van der Waals surface area (Å²) in [5, 5.41) is 9.39. The van der Waals surface area contributed by atoms with Crippen LogP contribution in [0.1, 0.15) is 11.1 Å². The second kappa shape index (κ2) is 4.18. The van der Waals surface area contributed by atoms with Crippen molar-refractivity contribution in [1.82, 2.24) is 0 Å². The maximum atomic E-state index is 9.39. The number of nitrogens with zero attached hydrogens (tertiary/aromatic N) is 1. The van der Waals surface area contributed by atoms with E-state index in [1.165, 1.54) is 5.69 Å².